The number of benzene rings is 1. The van der Waals surface area contributed by atoms with Crippen LogP contribution in [-0.2, 0) is 9.59 Å². The molecule has 0 aromatic heterocycles. The highest BCUT2D eigenvalue weighted by atomic mass is 19.1. The van der Waals surface area contributed by atoms with Crippen LogP contribution in [0.25, 0.3) is 6.08 Å². The second-order valence-corrected chi connectivity index (χ2v) is 4.49. The van der Waals surface area contributed by atoms with Crippen molar-refractivity contribution in [3.63, 3.8) is 0 Å². The van der Waals surface area contributed by atoms with E-state index in [1.54, 1.807) is 32.1 Å². The molecule has 0 fully saturated rings. The zero-order valence-corrected chi connectivity index (χ0v) is 11.6. The maximum absolute atomic E-state index is 13.8. The van der Waals surface area contributed by atoms with Gasteiger partial charge in [-0.05, 0) is 18.2 Å². The number of aliphatic carboxylic acids is 1. The van der Waals surface area contributed by atoms with E-state index in [0.717, 1.165) is 6.08 Å². The van der Waals surface area contributed by atoms with Crippen LogP contribution in [0.1, 0.15) is 5.56 Å². The molecule has 0 saturated carbocycles. The van der Waals surface area contributed by atoms with Crippen molar-refractivity contribution in [2.24, 2.45) is 0 Å². The first-order valence-electron chi connectivity index (χ1n) is 5.93. The number of nitrogens with zero attached hydrogens (tertiary/aromatic N) is 2. The van der Waals surface area contributed by atoms with Crippen molar-refractivity contribution in [1.82, 2.24) is 4.90 Å². The summed E-state index contributed by atoms with van der Waals surface area (Å²) in [6, 6.07) is 4.39. The summed E-state index contributed by atoms with van der Waals surface area (Å²) in [4.78, 5) is 25.2. The molecule has 108 valence electrons. The highest BCUT2D eigenvalue weighted by molar-refractivity contribution is 5.88. The van der Waals surface area contributed by atoms with Crippen LogP contribution in [0.15, 0.2) is 24.3 Å². The lowest BCUT2D eigenvalue weighted by atomic mass is 10.1. The number of carboxylic acid groups (broad SMARTS) is 1. The molecule has 6 heteroatoms. The Morgan fingerprint density at radius 1 is 1.30 bits per heavy atom. The third-order valence-corrected chi connectivity index (χ3v) is 2.70. The van der Waals surface area contributed by atoms with Gasteiger partial charge in [-0.25, -0.2) is 9.18 Å². The number of likely N-dealkylation sites (N-methyl/N-ethyl adjacent to an activating group) is 2. The smallest absolute Gasteiger partial charge is 0.328 e. The average molecular weight is 280 g/mol. The van der Waals surface area contributed by atoms with Crippen LogP contribution in [0.3, 0.4) is 0 Å². The zero-order chi connectivity index (χ0) is 15.3. The Hall–Kier alpha value is -2.37. The van der Waals surface area contributed by atoms with Gasteiger partial charge in [0.25, 0.3) is 0 Å². The van der Waals surface area contributed by atoms with Gasteiger partial charge in [-0.3, -0.25) is 4.79 Å². The summed E-state index contributed by atoms with van der Waals surface area (Å²) < 4.78 is 13.8. The third kappa shape index (κ3) is 4.08. The summed E-state index contributed by atoms with van der Waals surface area (Å²) in [7, 11) is 4.91. The first-order chi connectivity index (χ1) is 9.32. The maximum Gasteiger partial charge on any atom is 0.328 e. The molecule has 0 aliphatic carbocycles. The number of anilines is 1. The molecule has 1 aromatic carbocycles. The SMILES string of the molecule is CN(C)C(=O)CN(C)c1cccc(F)c1/C=C/C(=O)O. The van der Waals surface area contributed by atoms with Crippen molar-refractivity contribution in [1.29, 1.82) is 0 Å². The number of carbonyl (C=O) groups excluding carboxylic acids is 1. The van der Waals surface area contributed by atoms with E-state index in [9.17, 15) is 14.0 Å². The van der Waals surface area contributed by atoms with Gasteiger partial charge in [-0.15, -0.1) is 0 Å². The van der Waals surface area contributed by atoms with Crippen LogP contribution in [0.2, 0.25) is 0 Å². The van der Waals surface area contributed by atoms with Crippen molar-refractivity contribution in [3.8, 4) is 0 Å². The summed E-state index contributed by atoms with van der Waals surface area (Å²) in [5.41, 5.74) is 0.599. The molecular formula is C14H17FN2O3. The van der Waals surface area contributed by atoms with Gasteiger partial charge >= 0.3 is 5.97 Å². The molecule has 0 saturated heterocycles. The number of amides is 1. The Labute approximate surface area is 116 Å². The van der Waals surface area contributed by atoms with Gasteiger partial charge in [0, 0.05) is 38.5 Å². The molecule has 0 aliphatic rings. The predicted molar refractivity (Wildman–Crippen MR) is 75.0 cm³/mol. The van der Waals surface area contributed by atoms with E-state index in [1.165, 1.54) is 23.1 Å². The lowest BCUT2D eigenvalue weighted by Crippen LogP contribution is -2.34. The molecule has 0 unspecified atom stereocenters. The number of carbonyl (C=O) groups is 2. The van der Waals surface area contributed by atoms with Gasteiger partial charge in [-0.1, -0.05) is 6.07 Å². The summed E-state index contributed by atoms with van der Waals surface area (Å²) >= 11 is 0. The Morgan fingerprint density at radius 2 is 1.95 bits per heavy atom. The number of halogens is 1. The zero-order valence-electron chi connectivity index (χ0n) is 11.6. The average Bonchev–Trinajstić information content (AvgIpc) is 2.36. The first-order valence-corrected chi connectivity index (χ1v) is 5.93. The molecule has 1 N–H and O–H groups in total. The summed E-state index contributed by atoms with van der Waals surface area (Å²) in [5, 5.41) is 8.63. The predicted octanol–water partition coefficient (Wildman–Crippen LogP) is 1.45. The fraction of sp³-hybridized carbons (Fsp3) is 0.286. The Balaban J connectivity index is 3.08. The summed E-state index contributed by atoms with van der Waals surface area (Å²) in [6.07, 6.45) is 2.05. The maximum atomic E-state index is 13.8. The van der Waals surface area contributed by atoms with E-state index >= 15 is 0 Å². The van der Waals surface area contributed by atoms with Crippen LogP contribution in [0, 0.1) is 5.82 Å². The van der Waals surface area contributed by atoms with E-state index in [-0.39, 0.29) is 18.0 Å². The van der Waals surface area contributed by atoms with Gasteiger partial charge in [0.15, 0.2) is 0 Å². The van der Waals surface area contributed by atoms with E-state index in [1.807, 2.05) is 0 Å². The van der Waals surface area contributed by atoms with E-state index in [2.05, 4.69) is 0 Å². The molecular weight excluding hydrogens is 263 g/mol. The second kappa shape index (κ2) is 6.70. The largest absolute Gasteiger partial charge is 0.478 e. The molecule has 0 atom stereocenters. The van der Waals surface area contributed by atoms with Gasteiger partial charge in [0.1, 0.15) is 5.82 Å². The minimum Gasteiger partial charge on any atom is -0.478 e. The van der Waals surface area contributed by atoms with Gasteiger partial charge in [-0.2, -0.15) is 0 Å². The molecule has 5 nitrogen and oxygen atoms in total. The van der Waals surface area contributed by atoms with Crippen molar-refractivity contribution in [2.45, 2.75) is 0 Å². The van der Waals surface area contributed by atoms with Gasteiger partial charge < -0.3 is 14.9 Å². The standard InChI is InChI=1S/C14H17FN2O3/c1-16(2)13(18)9-17(3)12-6-4-5-11(15)10(12)7-8-14(19)20/h4-8H,9H2,1-3H3,(H,19,20)/b8-7+. The normalized spacial score (nSPS) is 10.6. The van der Waals surface area contributed by atoms with Crippen molar-refractivity contribution in [3.05, 3.63) is 35.7 Å². The van der Waals surface area contributed by atoms with E-state index in [0.29, 0.717) is 5.69 Å². The molecule has 1 aromatic rings. The van der Waals surface area contributed by atoms with Crippen molar-refractivity contribution in [2.75, 3.05) is 32.6 Å². The number of rotatable bonds is 5. The van der Waals surface area contributed by atoms with Crippen LogP contribution < -0.4 is 4.90 Å². The van der Waals surface area contributed by atoms with Crippen LogP contribution in [0.4, 0.5) is 10.1 Å². The molecule has 20 heavy (non-hydrogen) atoms. The van der Waals surface area contributed by atoms with Crippen molar-refractivity contribution < 1.29 is 19.1 Å². The number of hydrogen-bond donors (Lipinski definition) is 1. The molecule has 1 rings (SSSR count). The van der Waals surface area contributed by atoms with E-state index in [4.69, 9.17) is 5.11 Å². The van der Waals surface area contributed by atoms with Crippen molar-refractivity contribution >= 4 is 23.6 Å². The first kappa shape index (κ1) is 15.7. The van der Waals surface area contributed by atoms with Crippen LogP contribution in [0.5, 0.6) is 0 Å². The molecule has 0 bridgehead atoms. The lowest BCUT2D eigenvalue weighted by Gasteiger charge is -2.23. The van der Waals surface area contributed by atoms with Gasteiger partial charge in [0.05, 0.1) is 6.54 Å². The highest BCUT2D eigenvalue weighted by Gasteiger charge is 2.14. The van der Waals surface area contributed by atoms with E-state index < -0.39 is 11.8 Å². The van der Waals surface area contributed by atoms with Crippen LogP contribution in [-0.4, -0.2) is 49.6 Å². The molecule has 0 heterocycles. The number of hydrogen-bond acceptors (Lipinski definition) is 3. The summed E-state index contributed by atoms with van der Waals surface area (Å²) in [6.45, 7) is 0.0738. The monoisotopic (exact) mass is 280 g/mol. The highest BCUT2D eigenvalue weighted by Crippen LogP contribution is 2.23. The molecule has 0 spiro atoms. The second-order valence-electron chi connectivity index (χ2n) is 4.49. The molecule has 0 radical (unpaired) electrons. The minimum atomic E-state index is -1.16. The Morgan fingerprint density at radius 3 is 2.50 bits per heavy atom. The quantitative estimate of drug-likeness (QED) is 0.829. The third-order valence-electron chi connectivity index (χ3n) is 2.70. The summed E-state index contributed by atoms with van der Waals surface area (Å²) in [5.74, 6) is -1.83. The van der Waals surface area contributed by atoms with Crippen LogP contribution >= 0.6 is 0 Å². The minimum absolute atomic E-state index is 0.0738. The molecule has 0 aliphatic heterocycles. The fourth-order valence-electron chi connectivity index (χ4n) is 1.61. The fourth-order valence-corrected chi connectivity index (χ4v) is 1.61. The Bertz CT molecular complexity index is 541. The lowest BCUT2D eigenvalue weighted by molar-refractivity contribution is -0.131. The molecule has 1 amide bonds. The number of carboxylic acids is 1. The van der Waals surface area contributed by atoms with Gasteiger partial charge in [0.2, 0.25) is 5.91 Å². The Kier molecular flexibility index (Phi) is 5.25. The topological polar surface area (TPSA) is 60.9 Å².